The zero-order chi connectivity index (χ0) is 11.4. The Hall–Kier alpha value is -1.75. The second-order valence-corrected chi connectivity index (χ2v) is 4.21. The predicted molar refractivity (Wildman–Crippen MR) is 66.9 cm³/mol. The van der Waals surface area contributed by atoms with E-state index >= 15 is 0 Å². The molecule has 2 rings (SSSR count). The van der Waals surface area contributed by atoms with Gasteiger partial charge >= 0.3 is 0 Å². The first-order valence-electron chi connectivity index (χ1n) is 4.80. The summed E-state index contributed by atoms with van der Waals surface area (Å²) in [5, 5.41) is 0.649. The quantitative estimate of drug-likeness (QED) is 0.624. The monoisotopic (exact) mass is 232 g/mol. The average molecular weight is 232 g/mol. The van der Waals surface area contributed by atoms with Gasteiger partial charge in [0, 0.05) is 5.75 Å². The summed E-state index contributed by atoms with van der Waals surface area (Å²) in [6, 6.07) is 10.1. The van der Waals surface area contributed by atoms with Crippen molar-refractivity contribution in [3.05, 3.63) is 42.1 Å². The number of benzene rings is 1. The number of nitrogens with two attached hydrogens (primary N) is 2. The van der Waals surface area contributed by atoms with Crippen LogP contribution >= 0.6 is 11.8 Å². The summed E-state index contributed by atoms with van der Waals surface area (Å²) in [4.78, 5) is 8.19. The molecule has 16 heavy (non-hydrogen) atoms. The Bertz CT molecular complexity index is 473. The molecule has 2 aromatic rings. The van der Waals surface area contributed by atoms with Crippen LogP contribution < -0.4 is 11.5 Å². The van der Waals surface area contributed by atoms with Gasteiger partial charge in [0.05, 0.1) is 11.9 Å². The minimum atomic E-state index is 0.338. The standard InChI is InChI=1S/C11H12N4S/c12-9-6-14-11(15-10(9)13)16-7-8-4-2-1-3-5-8/h1-6H,7,12H2,(H2,13,14,15). The summed E-state index contributed by atoms with van der Waals surface area (Å²) in [6.07, 6.45) is 1.54. The summed E-state index contributed by atoms with van der Waals surface area (Å²) < 4.78 is 0. The highest BCUT2D eigenvalue weighted by molar-refractivity contribution is 7.98. The van der Waals surface area contributed by atoms with Gasteiger partial charge in [-0.25, -0.2) is 9.97 Å². The number of rotatable bonds is 3. The first-order valence-corrected chi connectivity index (χ1v) is 5.79. The maximum Gasteiger partial charge on any atom is 0.189 e. The number of aromatic nitrogens is 2. The SMILES string of the molecule is Nc1cnc(SCc2ccccc2)nc1N. The van der Waals surface area contributed by atoms with Gasteiger partial charge in [0.25, 0.3) is 0 Å². The lowest BCUT2D eigenvalue weighted by molar-refractivity contribution is 0.979. The Morgan fingerprint density at radius 2 is 1.88 bits per heavy atom. The van der Waals surface area contributed by atoms with Crippen LogP contribution in [0.3, 0.4) is 0 Å². The van der Waals surface area contributed by atoms with Crippen molar-refractivity contribution >= 4 is 23.3 Å². The van der Waals surface area contributed by atoms with Crippen molar-refractivity contribution in [3.63, 3.8) is 0 Å². The van der Waals surface area contributed by atoms with Crippen LogP contribution in [0.15, 0.2) is 41.7 Å². The molecule has 0 aliphatic carbocycles. The zero-order valence-corrected chi connectivity index (χ0v) is 9.45. The fourth-order valence-electron chi connectivity index (χ4n) is 1.18. The third-order valence-electron chi connectivity index (χ3n) is 2.04. The van der Waals surface area contributed by atoms with Crippen molar-refractivity contribution in [1.29, 1.82) is 0 Å². The summed E-state index contributed by atoms with van der Waals surface area (Å²) in [6.45, 7) is 0. The molecule has 0 amide bonds. The van der Waals surface area contributed by atoms with Gasteiger partial charge in [0.15, 0.2) is 11.0 Å². The molecule has 4 N–H and O–H groups in total. The molecule has 1 heterocycles. The van der Waals surface area contributed by atoms with E-state index in [0.717, 1.165) is 5.75 Å². The topological polar surface area (TPSA) is 77.8 Å². The van der Waals surface area contributed by atoms with Gasteiger partial charge in [-0.05, 0) is 5.56 Å². The second-order valence-electron chi connectivity index (χ2n) is 3.27. The molecule has 1 aromatic carbocycles. The molecule has 0 saturated carbocycles. The first-order chi connectivity index (χ1) is 7.75. The lowest BCUT2D eigenvalue weighted by atomic mass is 10.2. The van der Waals surface area contributed by atoms with Gasteiger partial charge in [-0.15, -0.1) is 0 Å². The van der Waals surface area contributed by atoms with Crippen molar-refractivity contribution in [3.8, 4) is 0 Å². The molecule has 0 aliphatic heterocycles. The first kappa shape index (κ1) is 10.8. The fraction of sp³-hybridized carbons (Fsp3) is 0.0909. The van der Waals surface area contributed by atoms with E-state index < -0.39 is 0 Å². The molecule has 0 aliphatic rings. The van der Waals surface area contributed by atoms with Crippen LogP contribution in [-0.2, 0) is 5.75 Å². The lowest BCUT2D eigenvalue weighted by Crippen LogP contribution is -2.00. The third kappa shape index (κ3) is 2.64. The van der Waals surface area contributed by atoms with Gasteiger partial charge < -0.3 is 11.5 Å². The fourth-order valence-corrected chi connectivity index (χ4v) is 1.96. The van der Waals surface area contributed by atoms with E-state index in [0.29, 0.717) is 16.7 Å². The molecule has 0 fully saturated rings. The summed E-state index contributed by atoms with van der Waals surface area (Å²) in [7, 11) is 0. The van der Waals surface area contributed by atoms with E-state index in [4.69, 9.17) is 11.5 Å². The summed E-state index contributed by atoms with van der Waals surface area (Å²) >= 11 is 1.54. The molecular weight excluding hydrogens is 220 g/mol. The average Bonchev–Trinajstić information content (AvgIpc) is 2.32. The van der Waals surface area contributed by atoms with E-state index in [2.05, 4.69) is 22.1 Å². The van der Waals surface area contributed by atoms with Crippen LogP contribution in [-0.4, -0.2) is 9.97 Å². The van der Waals surface area contributed by atoms with Gasteiger partial charge in [-0.1, -0.05) is 42.1 Å². The zero-order valence-electron chi connectivity index (χ0n) is 8.63. The Morgan fingerprint density at radius 3 is 2.56 bits per heavy atom. The van der Waals surface area contributed by atoms with E-state index in [-0.39, 0.29) is 0 Å². The highest BCUT2D eigenvalue weighted by Crippen LogP contribution is 2.21. The van der Waals surface area contributed by atoms with Crippen molar-refractivity contribution in [1.82, 2.24) is 9.97 Å². The Kier molecular flexibility index (Phi) is 3.26. The molecular formula is C11H12N4S. The number of thioether (sulfide) groups is 1. The van der Waals surface area contributed by atoms with Gasteiger partial charge in [-0.2, -0.15) is 0 Å². The van der Waals surface area contributed by atoms with Crippen LogP contribution in [0.5, 0.6) is 0 Å². The van der Waals surface area contributed by atoms with Crippen molar-refractivity contribution in [2.75, 3.05) is 11.5 Å². The van der Waals surface area contributed by atoms with Crippen LogP contribution in [0, 0.1) is 0 Å². The molecule has 0 saturated heterocycles. The smallest absolute Gasteiger partial charge is 0.189 e. The second kappa shape index (κ2) is 4.85. The normalized spacial score (nSPS) is 10.2. The van der Waals surface area contributed by atoms with Gasteiger partial charge in [0.2, 0.25) is 0 Å². The van der Waals surface area contributed by atoms with Crippen LogP contribution in [0.4, 0.5) is 11.5 Å². The van der Waals surface area contributed by atoms with Crippen LogP contribution in [0.1, 0.15) is 5.56 Å². The Labute approximate surface area is 98.1 Å². The van der Waals surface area contributed by atoms with Gasteiger partial charge in [-0.3, -0.25) is 0 Å². The summed E-state index contributed by atoms with van der Waals surface area (Å²) in [5.74, 6) is 1.16. The molecule has 0 spiro atoms. The van der Waals surface area contributed by atoms with E-state index in [1.807, 2.05) is 18.2 Å². The highest BCUT2D eigenvalue weighted by Gasteiger charge is 2.02. The van der Waals surface area contributed by atoms with E-state index in [1.165, 1.54) is 23.5 Å². The maximum atomic E-state index is 5.60. The van der Waals surface area contributed by atoms with Crippen LogP contribution in [0.2, 0.25) is 0 Å². The number of hydrogen-bond donors (Lipinski definition) is 2. The largest absolute Gasteiger partial charge is 0.394 e. The molecule has 4 nitrogen and oxygen atoms in total. The maximum absolute atomic E-state index is 5.60. The molecule has 5 heteroatoms. The van der Waals surface area contributed by atoms with Crippen molar-refractivity contribution in [2.45, 2.75) is 10.9 Å². The Balaban J connectivity index is 2.03. The minimum absolute atomic E-state index is 0.338. The van der Waals surface area contributed by atoms with Crippen LogP contribution in [0.25, 0.3) is 0 Å². The molecule has 82 valence electrons. The number of hydrogen-bond acceptors (Lipinski definition) is 5. The summed E-state index contributed by atoms with van der Waals surface area (Å²) in [5.41, 5.74) is 12.8. The van der Waals surface area contributed by atoms with E-state index in [9.17, 15) is 0 Å². The van der Waals surface area contributed by atoms with Crippen molar-refractivity contribution in [2.24, 2.45) is 0 Å². The molecule has 0 atom stereocenters. The molecule has 0 bridgehead atoms. The Morgan fingerprint density at radius 1 is 1.12 bits per heavy atom. The van der Waals surface area contributed by atoms with E-state index in [1.54, 1.807) is 0 Å². The number of anilines is 2. The number of nitrogen functional groups attached to an aromatic ring is 2. The highest BCUT2D eigenvalue weighted by atomic mass is 32.2. The molecule has 0 radical (unpaired) electrons. The van der Waals surface area contributed by atoms with Gasteiger partial charge in [0.1, 0.15) is 0 Å². The predicted octanol–water partition coefficient (Wildman–Crippen LogP) is 1.93. The molecule has 0 unspecified atom stereocenters. The molecule has 1 aromatic heterocycles. The number of nitrogens with zero attached hydrogens (tertiary/aromatic N) is 2. The van der Waals surface area contributed by atoms with Crippen molar-refractivity contribution < 1.29 is 0 Å². The minimum Gasteiger partial charge on any atom is -0.394 e. The third-order valence-corrected chi connectivity index (χ3v) is 2.97. The lowest BCUT2D eigenvalue weighted by Gasteiger charge is -2.02.